The Balaban J connectivity index is 1.62. The van der Waals surface area contributed by atoms with E-state index in [9.17, 15) is 5.11 Å². The van der Waals surface area contributed by atoms with Crippen LogP contribution in [0, 0.1) is 0 Å². The van der Waals surface area contributed by atoms with Crippen molar-refractivity contribution in [1.82, 2.24) is 15.6 Å². The summed E-state index contributed by atoms with van der Waals surface area (Å²) in [5, 5.41) is 21.3. The second-order valence-electron chi connectivity index (χ2n) is 7.65. The largest absolute Gasteiger partial charge is 0.386 e. The number of guanidine groups is 1. The van der Waals surface area contributed by atoms with Crippen LogP contribution in [-0.2, 0) is 12.0 Å². The molecular weight excluding hydrogens is 388 g/mol. The minimum atomic E-state index is -0.575. The minimum Gasteiger partial charge on any atom is -0.386 e. The lowest BCUT2D eigenvalue weighted by Gasteiger charge is -2.14. The molecule has 0 bridgehead atoms. The van der Waals surface area contributed by atoms with Gasteiger partial charge >= 0.3 is 0 Å². The number of nitrogens with one attached hydrogen (secondary N) is 2. The highest BCUT2D eigenvalue weighted by Crippen LogP contribution is 2.29. The van der Waals surface area contributed by atoms with E-state index in [-0.39, 0.29) is 5.41 Å². The fourth-order valence-corrected chi connectivity index (χ4v) is 4.67. The Labute approximate surface area is 174 Å². The Morgan fingerprint density at radius 1 is 1.25 bits per heavy atom. The predicted molar refractivity (Wildman–Crippen MR) is 120 cm³/mol. The third kappa shape index (κ3) is 5.31. The van der Waals surface area contributed by atoms with Crippen LogP contribution in [-0.4, -0.2) is 29.1 Å². The van der Waals surface area contributed by atoms with Gasteiger partial charge in [-0.05, 0) is 24.4 Å². The lowest BCUT2D eigenvalue weighted by molar-refractivity contribution is 0.184. The monoisotopic (exact) mass is 416 g/mol. The Morgan fingerprint density at radius 3 is 2.71 bits per heavy atom. The third-order valence-electron chi connectivity index (χ3n) is 4.27. The van der Waals surface area contributed by atoms with Crippen molar-refractivity contribution in [3.63, 3.8) is 0 Å². The topological polar surface area (TPSA) is 69.5 Å². The van der Waals surface area contributed by atoms with Crippen LogP contribution in [0.1, 0.15) is 49.4 Å². The van der Waals surface area contributed by atoms with Crippen LogP contribution in [0.15, 0.2) is 40.7 Å². The van der Waals surface area contributed by atoms with E-state index in [0.29, 0.717) is 19.0 Å². The highest BCUT2D eigenvalue weighted by Gasteiger charge is 2.17. The van der Waals surface area contributed by atoms with Crippen molar-refractivity contribution >= 4 is 38.7 Å². The van der Waals surface area contributed by atoms with Crippen LogP contribution >= 0.6 is 22.7 Å². The van der Waals surface area contributed by atoms with Crippen LogP contribution in [0.25, 0.3) is 10.1 Å². The van der Waals surface area contributed by atoms with E-state index in [0.717, 1.165) is 22.1 Å². The van der Waals surface area contributed by atoms with Gasteiger partial charge in [0.1, 0.15) is 11.1 Å². The van der Waals surface area contributed by atoms with Gasteiger partial charge in [-0.3, -0.25) is 0 Å². The summed E-state index contributed by atoms with van der Waals surface area (Å²) in [5.41, 5.74) is 1.15. The summed E-state index contributed by atoms with van der Waals surface area (Å²) in [6, 6.07) is 10.2. The van der Waals surface area contributed by atoms with Crippen LogP contribution in [0.3, 0.4) is 0 Å². The molecule has 0 aliphatic carbocycles. The second-order valence-corrected chi connectivity index (χ2v) is 9.71. The van der Waals surface area contributed by atoms with Gasteiger partial charge in [0.2, 0.25) is 0 Å². The molecule has 150 valence electrons. The Morgan fingerprint density at radius 2 is 2.04 bits per heavy atom. The van der Waals surface area contributed by atoms with Crippen molar-refractivity contribution in [2.75, 3.05) is 13.1 Å². The molecule has 0 amide bonds. The molecule has 28 heavy (non-hydrogen) atoms. The average molecular weight is 417 g/mol. The van der Waals surface area contributed by atoms with Gasteiger partial charge in [0.25, 0.3) is 0 Å². The first-order valence-electron chi connectivity index (χ1n) is 9.50. The van der Waals surface area contributed by atoms with Gasteiger partial charge in [0.05, 0.1) is 12.2 Å². The van der Waals surface area contributed by atoms with Crippen molar-refractivity contribution < 1.29 is 5.11 Å². The van der Waals surface area contributed by atoms with Gasteiger partial charge in [-0.2, -0.15) is 0 Å². The highest BCUT2D eigenvalue weighted by atomic mass is 32.1. The van der Waals surface area contributed by atoms with Crippen molar-refractivity contribution in [2.45, 2.75) is 45.8 Å². The maximum Gasteiger partial charge on any atom is 0.191 e. The predicted octanol–water partition coefficient (Wildman–Crippen LogP) is 4.44. The SMILES string of the molecule is CCNC(=NCc1nc(C(C)(C)C)cs1)NCC(O)c1cc2ccccc2s1. The normalized spacial score (nSPS) is 13.7. The van der Waals surface area contributed by atoms with Crippen LogP contribution in [0.5, 0.6) is 0 Å². The number of thiophene rings is 1. The molecule has 0 fully saturated rings. The molecule has 3 aromatic rings. The van der Waals surface area contributed by atoms with Crippen molar-refractivity contribution in [3.05, 3.63) is 51.3 Å². The number of hydrogen-bond donors (Lipinski definition) is 3. The van der Waals surface area contributed by atoms with E-state index in [1.807, 2.05) is 19.1 Å². The van der Waals surface area contributed by atoms with Crippen molar-refractivity contribution in [2.24, 2.45) is 4.99 Å². The molecule has 0 radical (unpaired) electrons. The van der Waals surface area contributed by atoms with Crippen LogP contribution < -0.4 is 10.6 Å². The summed E-state index contributed by atoms with van der Waals surface area (Å²) >= 11 is 3.27. The maximum atomic E-state index is 10.6. The smallest absolute Gasteiger partial charge is 0.191 e. The molecule has 2 heterocycles. The van der Waals surface area contributed by atoms with E-state index >= 15 is 0 Å². The number of aliphatic hydroxyl groups is 1. The molecule has 0 saturated carbocycles. The summed E-state index contributed by atoms with van der Waals surface area (Å²) in [7, 11) is 0. The Bertz CT molecular complexity index is 906. The Kier molecular flexibility index (Phi) is 6.69. The average Bonchev–Trinajstić information content (AvgIpc) is 3.30. The molecule has 1 aromatic carbocycles. The van der Waals surface area contributed by atoms with Gasteiger partial charge in [-0.1, -0.05) is 39.0 Å². The summed E-state index contributed by atoms with van der Waals surface area (Å²) < 4.78 is 1.19. The molecule has 5 nitrogen and oxygen atoms in total. The lowest BCUT2D eigenvalue weighted by Crippen LogP contribution is -2.39. The molecule has 7 heteroatoms. The van der Waals surface area contributed by atoms with Crippen molar-refractivity contribution in [1.29, 1.82) is 0 Å². The molecule has 3 N–H and O–H groups in total. The van der Waals surface area contributed by atoms with Gasteiger partial charge in [0, 0.05) is 33.5 Å². The molecule has 2 aromatic heterocycles. The zero-order valence-corrected chi connectivity index (χ0v) is 18.5. The summed E-state index contributed by atoms with van der Waals surface area (Å²) in [6.07, 6.45) is -0.575. The molecule has 0 aliphatic rings. The number of aliphatic imine (C=N–C) groups is 1. The maximum absolute atomic E-state index is 10.6. The number of rotatable bonds is 6. The zero-order chi connectivity index (χ0) is 20.1. The number of nitrogens with zero attached hydrogens (tertiary/aromatic N) is 2. The first-order valence-corrected chi connectivity index (χ1v) is 11.2. The van der Waals surface area contributed by atoms with E-state index in [2.05, 4.69) is 65.0 Å². The van der Waals surface area contributed by atoms with E-state index in [4.69, 9.17) is 0 Å². The third-order valence-corrected chi connectivity index (χ3v) is 6.32. The fourth-order valence-electron chi connectivity index (χ4n) is 2.68. The number of benzene rings is 1. The van der Waals surface area contributed by atoms with Gasteiger partial charge in [-0.25, -0.2) is 9.98 Å². The molecule has 3 rings (SSSR count). The first kappa shape index (κ1) is 20.8. The Hall–Kier alpha value is -1.96. The first-order chi connectivity index (χ1) is 13.4. The molecule has 0 saturated heterocycles. The molecular formula is C21H28N4OS2. The zero-order valence-electron chi connectivity index (χ0n) is 16.8. The lowest BCUT2D eigenvalue weighted by atomic mass is 9.93. The van der Waals surface area contributed by atoms with Crippen LogP contribution in [0.2, 0.25) is 0 Å². The number of aliphatic hydroxyl groups excluding tert-OH is 1. The molecule has 0 aliphatic heterocycles. The number of thiazole rings is 1. The summed E-state index contributed by atoms with van der Waals surface area (Å²) in [5.74, 6) is 0.690. The van der Waals surface area contributed by atoms with Crippen LogP contribution in [0.4, 0.5) is 0 Å². The summed E-state index contributed by atoms with van der Waals surface area (Å²) in [4.78, 5) is 10.3. The number of hydrogen-bond acceptors (Lipinski definition) is 5. The van der Waals surface area contributed by atoms with E-state index < -0.39 is 6.10 Å². The number of aromatic nitrogens is 1. The molecule has 0 spiro atoms. The van der Waals surface area contributed by atoms with Gasteiger partial charge in [0.15, 0.2) is 5.96 Å². The quantitative estimate of drug-likeness (QED) is 0.410. The minimum absolute atomic E-state index is 0.0512. The summed E-state index contributed by atoms with van der Waals surface area (Å²) in [6.45, 7) is 10.2. The van der Waals surface area contributed by atoms with Gasteiger partial charge < -0.3 is 15.7 Å². The molecule has 1 atom stereocenters. The van der Waals surface area contributed by atoms with E-state index in [1.165, 1.54) is 10.1 Å². The van der Waals surface area contributed by atoms with Crippen molar-refractivity contribution in [3.8, 4) is 0 Å². The standard InChI is InChI=1S/C21H28N4OS2/c1-5-22-20(24-12-19-25-18(13-27-19)21(2,3)4)23-11-15(26)17-10-14-8-6-7-9-16(14)28-17/h6-10,13,15,26H,5,11-12H2,1-4H3,(H2,22,23,24). The van der Waals surface area contributed by atoms with E-state index in [1.54, 1.807) is 22.7 Å². The fraction of sp³-hybridized carbons (Fsp3) is 0.429. The molecule has 1 unspecified atom stereocenters. The van der Waals surface area contributed by atoms with Gasteiger partial charge in [-0.15, -0.1) is 22.7 Å². The highest BCUT2D eigenvalue weighted by molar-refractivity contribution is 7.19. The second kappa shape index (κ2) is 9.03. The number of fused-ring (bicyclic) bond motifs is 1.